The smallest absolute Gasteiger partial charge is 0.0780 e. The fraction of sp³-hybridized carbons (Fsp3) is 0.192. The van der Waals surface area contributed by atoms with Crippen LogP contribution in [0.2, 0.25) is 0 Å². The number of hydrogen-bond donors (Lipinski definition) is 1. The summed E-state index contributed by atoms with van der Waals surface area (Å²) in [6, 6.07) is 24.2. The number of hydrogen-bond acceptors (Lipinski definition) is 2. The fourth-order valence-electron chi connectivity index (χ4n) is 4.41. The maximum Gasteiger partial charge on any atom is 0.0780 e. The molecular weight excluding hydrogens is 340 g/mol. The minimum absolute atomic E-state index is 1.01. The molecule has 0 atom stereocenters. The molecule has 1 aromatic heterocycles. The first-order valence-electron chi connectivity index (χ1n) is 10.2. The molecule has 138 valence electrons. The predicted octanol–water partition coefficient (Wildman–Crippen LogP) is 6.49. The number of nitrogens with zero attached hydrogens (tertiary/aromatic N) is 1. The lowest BCUT2D eigenvalue weighted by Crippen LogP contribution is -2.11. The standard InChI is InChI=1S/C26H24N2/c1-2-18-7-3-11-22(23-12-4-8-19-9-5-16-28-26(19)23)25(18)21-13-14-24-20(17-21)10-6-15-27-24/h3-5,7-9,11-14,16-17,27H,2,6,10,15H2,1H3. The number of benzene rings is 3. The van der Waals surface area contributed by atoms with E-state index in [0.29, 0.717) is 0 Å². The zero-order valence-corrected chi connectivity index (χ0v) is 16.2. The molecule has 1 N–H and O–H groups in total. The van der Waals surface area contributed by atoms with Crippen LogP contribution in [-0.4, -0.2) is 11.5 Å². The largest absolute Gasteiger partial charge is 0.385 e. The van der Waals surface area contributed by atoms with Crippen molar-refractivity contribution in [2.75, 3.05) is 11.9 Å². The number of aryl methyl sites for hydroxylation is 2. The van der Waals surface area contributed by atoms with Crippen molar-refractivity contribution in [1.82, 2.24) is 4.98 Å². The summed E-state index contributed by atoms with van der Waals surface area (Å²) in [5.41, 5.74) is 10.3. The van der Waals surface area contributed by atoms with Crippen LogP contribution in [0, 0.1) is 0 Å². The molecule has 0 radical (unpaired) electrons. The zero-order valence-electron chi connectivity index (χ0n) is 16.2. The molecule has 0 fully saturated rings. The molecule has 0 bridgehead atoms. The van der Waals surface area contributed by atoms with Gasteiger partial charge in [-0.3, -0.25) is 4.98 Å². The summed E-state index contributed by atoms with van der Waals surface area (Å²) in [5.74, 6) is 0. The second-order valence-electron chi connectivity index (χ2n) is 7.48. The van der Waals surface area contributed by atoms with Gasteiger partial charge in [0.1, 0.15) is 0 Å². The van der Waals surface area contributed by atoms with Crippen LogP contribution >= 0.6 is 0 Å². The number of anilines is 1. The summed E-state index contributed by atoms with van der Waals surface area (Å²) in [5, 5.41) is 4.71. The molecule has 4 aromatic rings. The minimum atomic E-state index is 1.01. The van der Waals surface area contributed by atoms with Gasteiger partial charge in [0.25, 0.3) is 0 Å². The Balaban J connectivity index is 1.77. The molecule has 28 heavy (non-hydrogen) atoms. The second-order valence-corrected chi connectivity index (χ2v) is 7.48. The fourth-order valence-corrected chi connectivity index (χ4v) is 4.41. The van der Waals surface area contributed by atoms with Crippen molar-refractivity contribution in [2.45, 2.75) is 26.2 Å². The highest BCUT2D eigenvalue weighted by Gasteiger charge is 2.16. The Hall–Kier alpha value is -3.13. The summed E-state index contributed by atoms with van der Waals surface area (Å²) in [6.45, 7) is 3.31. The Kier molecular flexibility index (Phi) is 4.32. The second kappa shape index (κ2) is 7.12. The van der Waals surface area contributed by atoms with Gasteiger partial charge in [-0.2, -0.15) is 0 Å². The molecule has 3 aromatic carbocycles. The van der Waals surface area contributed by atoms with Crippen LogP contribution in [0.4, 0.5) is 5.69 Å². The van der Waals surface area contributed by atoms with E-state index in [9.17, 15) is 0 Å². The van der Waals surface area contributed by atoms with Crippen LogP contribution in [0.1, 0.15) is 24.5 Å². The quantitative estimate of drug-likeness (QED) is 0.449. The molecule has 2 heteroatoms. The van der Waals surface area contributed by atoms with Crippen molar-refractivity contribution in [3.63, 3.8) is 0 Å². The van der Waals surface area contributed by atoms with Crippen molar-refractivity contribution in [2.24, 2.45) is 0 Å². The molecule has 2 nitrogen and oxygen atoms in total. The lowest BCUT2D eigenvalue weighted by molar-refractivity contribution is 0.830. The molecule has 5 rings (SSSR count). The van der Waals surface area contributed by atoms with Gasteiger partial charge in [0.05, 0.1) is 5.52 Å². The van der Waals surface area contributed by atoms with Gasteiger partial charge in [0.2, 0.25) is 0 Å². The molecule has 0 unspecified atom stereocenters. The highest BCUT2D eigenvalue weighted by Crippen LogP contribution is 2.39. The third-order valence-electron chi connectivity index (χ3n) is 5.79. The van der Waals surface area contributed by atoms with Crippen LogP contribution in [0.5, 0.6) is 0 Å². The average Bonchev–Trinajstić information content (AvgIpc) is 2.78. The van der Waals surface area contributed by atoms with Gasteiger partial charge in [-0.05, 0) is 65.3 Å². The lowest BCUT2D eigenvalue weighted by Gasteiger charge is -2.21. The molecule has 1 aliphatic rings. The number of nitrogens with one attached hydrogen (secondary N) is 1. The third-order valence-corrected chi connectivity index (χ3v) is 5.79. The molecule has 0 saturated heterocycles. The predicted molar refractivity (Wildman–Crippen MR) is 119 cm³/mol. The van der Waals surface area contributed by atoms with Crippen LogP contribution < -0.4 is 5.32 Å². The number of aromatic nitrogens is 1. The first-order valence-corrected chi connectivity index (χ1v) is 10.2. The number of rotatable bonds is 3. The molecule has 0 aliphatic carbocycles. The topological polar surface area (TPSA) is 24.9 Å². The number of para-hydroxylation sites is 1. The van der Waals surface area contributed by atoms with Crippen LogP contribution in [0.3, 0.4) is 0 Å². The van der Waals surface area contributed by atoms with Crippen molar-refractivity contribution < 1.29 is 0 Å². The molecule has 2 heterocycles. The van der Waals surface area contributed by atoms with Crippen LogP contribution in [0.15, 0.2) is 72.9 Å². The van der Waals surface area contributed by atoms with Gasteiger partial charge >= 0.3 is 0 Å². The van der Waals surface area contributed by atoms with E-state index in [4.69, 9.17) is 4.98 Å². The molecular formula is C26H24N2. The Morgan fingerprint density at radius 2 is 1.79 bits per heavy atom. The Morgan fingerprint density at radius 1 is 0.929 bits per heavy atom. The van der Waals surface area contributed by atoms with E-state index in [2.05, 4.69) is 72.9 Å². The number of pyridine rings is 1. The van der Waals surface area contributed by atoms with E-state index in [0.717, 1.165) is 24.9 Å². The monoisotopic (exact) mass is 364 g/mol. The zero-order chi connectivity index (χ0) is 18.9. The Labute approximate surface area is 166 Å². The summed E-state index contributed by atoms with van der Waals surface area (Å²) in [7, 11) is 0. The van der Waals surface area contributed by atoms with Crippen molar-refractivity contribution in [3.05, 3.63) is 84.1 Å². The first kappa shape index (κ1) is 17.0. The van der Waals surface area contributed by atoms with E-state index >= 15 is 0 Å². The minimum Gasteiger partial charge on any atom is -0.385 e. The van der Waals surface area contributed by atoms with E-state index in [1.165, 1.54) is 50.9 Å². The van der Waals surface area contributed by atoms with Gasteiger partial charge in [-0.1, -0.05) is 55.5 Å². The number of fused-ring (bicyclic) bond motifs is 2. The molecule has 0 spiro atoms. The Bertz CT molecular complexity index is 1150. The molecule has 0 saturated carbocycles. The van der Waals surface area contributed by atoms with Gasteiger partial charge in [-0.25, -0.2) is 0 Å². The summed E-state index contributed by atoms with van der Waals surface area (Å²) >= 11 is 0. The van der Waals surface area contributed by atoms with Crippen molar-refractivity contribution in [3.8, 4) is 22.3 Å². The van der Waals surface area contributed by atoms with E-state index in [1.807, 2.05) is 12.3 Å². The van der Waals surface area contributed by atoms with Gasteiger partial charge in [-0.15, -0.1) is 0 Å². The maximum absolute atomic E-state index is 4.71. The average molecular weight is 364 g/mol. The van der Waals surface area contributed by atoms with Crippen molar-refractivity contribution in [1.29, 1.82) is 0 Å². The summed E-state index contributed by atoms with van der Waals surface area (Å²) in [4.78, 5) is 4.71. The van der Waals surface area contributed by atoms with E-state index < -0.39 is 0 Å². The van der Waals surface area contributed by atoms with Gasteiger partial charge in [0.15, 0.2) is 0 Å². The highest BCUT2D eigenvalue weighted by atomic mass is 14.9. The SMILES string of the molecule is CCc1cccc(-c2cccc3cccnc23)c1-c1ccc2c(c1)CCCN2. The summed E-state index contributed by atoms with van der Waals surface area (Å²) < 4.78 is 0. The highest BCUT2D eigenvalue weighted by molar-refractivity contribution is 5.99. The normalized spacial score (nSPS) is 13.2. The first-order chi connectivity index (χ1) is 13.8. The molecule has 0 amide bonds. The third kappa shape index (κ3) is 2.86. The summed E-state index contributed by atoms with van der Waals surface area (Å²) in [6.07, 6.45) is 5.25. The lowest BCUT2D eigenvalue weighted by atomic mass is 9.87. The van der Waals surface area contributed by atoms with Gasteiger partial charge in [0, 0.05) is 29.4 Å². The van der Waals surface area contributed by atoms with Crippen molar-refractivity contribution >= 4 is 16.6 Å². The van der Waals surface area contributed by atoms with Gasteiger partial charge < -0.3 is 5.32 Å². The Morgan fingerprint density at radius 3 is 2.71 bits per heavy atom. The maximum atomic E-state index is 4.71. The van der Waals surface area contributed by atoms with E-state index in [1.54, 1.807) is 0 Å². The van der Waals surface area contributed by atoms with E-state index in [-0.39, 0.29) is 0 Å². The van der Waals surface area contributed by atoms with Crippen LogP contribution in [0.25, 0.3) is 33.2 Å². The molecule has 1 aliphatic heterocycles. The van der Waals surface area contributed by atoms with Crippen LogP contribution in [-0.2, 0) is 12.8 Å².